The van der Waals surface area contributed by atoms with Crippen LogP contribution in [0.5, 0.6) is 0 Å². The van der Waals surface area contributed by atoms with Gasteiger partial charge in [-0.3, -0.25) is 0 Å². The Morgan fingerprint density at radius 2 is 1.94 bits per heavy atom. The van der Waals surface area contributed by atoms with Gasteiger partial charge in [0, 0.05) is 12.2 Å². The van der Waals surface area contributed by atoms with E-state index in [4.69, 9.17) is 0 Å². The fraction of sp³-hybridized carbons (Fsp3) is 0.571. The maximum Gasteiger partial charge on any atom is 0.125 e. The van der Waals surface area contributed by atoms with E-state index < -0.39 is 0 Å². The molecule has 0 radical (unpaired) electrons. The second-order valence-electron chi connectivity index (χ2n) is 5.10. The smallest absolute Gasteiger partial charge is 0.125 e. The Kier molecular flexibility index (Phi) is 2.58. The van der Waals surface area contributed by atoms with Gasteiger partial charge in [0.25, 0.3) is 0 Å². The van der Waals surface area contributed by atoms with Crippen LogP contribution in [0.25, 0.3) is 0 Å². The van der Waals surface area contributed by atoms with Crippen LogP contribution in [0.2, 0.25) is 0 Å². The predicted molar refractivity (Wildman–Crippen MR) is 64.2 cm³/mol. The molecular formula is C14H18FN. The largest absolute Gasteiger partial charge is 0.385 e. The van der Waals surface area contributed by atoms with E-state index in [0.29, 0.717) is 5.92 Å². The molecule has 0 amide bonds. The number of fused-ring (bicyclic) bond motifs is 1. The molecule has 0 saturated heterocycles. The summed E-state index contributed by atoms with van der Waals surface area (Å²) in [5.74, 6) is 1.38. The maximum atomic E-state index is 13.2. The van der Waals surface area contributed by atoms with Gasteiger partial charge in [0.1, 0.15) is 5.82 Å². The number of halogens is 1. The Hall–Kier alpha value is -1.05. The Morgan fingerprint density at radius 3 is 2.75 bits per heavy atom. The van der Waals surface area contributed by atoms with Gasteiger partial charge in [-0.05, 0) is 48.8 Å². The molecule has 0 bridgehead atoms. The Morgan fingerprint density at radius 1 is 1.12 bits per heavy atom. The first-order valence-electron chi connectivity index (χ1n) is 6.38. The van der Waals surface area contributed by atoms with Gasteiger partial charge in [0.2, 0.25) is 0 Å². The van der Waals surface area contributed by atoms with E-state index in [0.717, 1.165) is 18.2 Å². The highest BCUT2D eigenvalue weighted by molar-refractivity contribution is 5.55. The predicted octanol–water partition coefficient (Wildman–Crippen LogP) is 3.92. The first-order chi connectivity index (χ1) is 7.84. The van der Waals surface area contributed by atoms with Crippen molar-refractivity contribution in [1.82, 2.24) is 0 Å². The van der Waals surface area contributed by atoms with E-state index in [-0.39, 0.29) is 5.82 Å². The van der Waals surface area contributed by atoms with Gasteiger partial charge in [0.05, 0.1) is 0 Å². The Balaban J connectivity index is 1.93. The fourth-order valence-electron chi connectivity index (χ4n) is 3.37. The van der Waals surface area contributed by atoms with Gasteiger partial charge in [-0.1, -0.05) is 18.9 Å². The minimum absolute atomic E-state index is 0.127. The van der Waals surface area contributed by atoms with E-state index in [1.165, 1.54) is 37.7 Å². The summed E-state index contributed by atoms with van der Waals surface area (Å²) in [7, 11) is 0. The molecule has 1 atom stereocenters. The van der Waals surface area contributed by atoms with E-state index in [1.807, 2.05) is 6.07 Å². The molecule has 16 heavy (non-hydrogen) atoms. The summed E-state index contributed by atoms with van der Waals surface area (Å²) < 4.78 is 13.2. The quantitative estimate of drug-likeness (QED) is 0.755. The van der Waals surface area contributed by atoms with Crippen molar-refractivity contribution in [2.75, 3.05) is 11.9 Å². The van der Waals surface area contributed by atoms with E-state index in [9.17, 15) is 4.39 Å². The highest BCUT2D eigenvalue weighted by Gasteiger charge is 2.29. The van der Waals surface area contributed by atoms with Crippen LogP contribution in [0, 0.1) is 11.7 Å². The number of benzene rings is 1. The molecule has 2 heteroatoms. The molecule has 86 valence electrons. The lowest BCUT2D eigenvalue weighted by molar-refractivity contribution is 0.412. The lowest BCUT2D eigenvalue weighted by atomic mass is 9.80. The van der Waals surface area contributed by atoms with Gasteiger partial charge < -0.3 is 5.32 Å². The molecule has 1 aliphatic carbocycles. The van der Waals surface area contributed by atoms with Gasteiger partial charge in [-0.2, -0.15) is 0 Å². The zero-order chi connectivity index (χ0) is 11.0. The van der Waals surface area contributed by atoms with Crippen LogP contribution in [0.15, 0.2) is 18.2 Å². The van der Waals surface area contributed by atoms with Crippen LogP contribution in [0.1, 0.15) is 43.6 Å². The standard InChI is InChI=1S/C14H18FN/c15-11-5-6-13-12(10-3-1-2-4-10)7-8-16-14(13)9-11/h5-6,9-10,12,16H,1-4,7-8H2. The molecule has 1 aromatic carbocycles. The SMILES string of the molecule is Fc1ccc2c(c1)NCCC2C1CCCC1. The number of anilines is 1. The first-order valence-corrected chi connectivity index (χ1v) is 6.38. The number of rotatable bonds is 1. The molecule has 1 nitrogen and oxygen atoms in total. The van der Waals surface area contributed by atoms with Crippen LogP contribution in [0.4, 0.5) is 10.1 Å². The Bertz CT molecular complexity index is 382. The second-order valence-corrected chi connectivity index (χ2v) is 5.10. The monoisotopic (exact) mass is 219 g/mol. The highest BCUT2D eigenvalue weighted by atomic mass is 19.1. The second kappa shape index (κ2) is 4.08. The van der Waals surface area contributed by atoms with Crippen molar-refractivity contribution in [2.45, 2.75) is 38.0 Å². The van der Waals surface area contributed by atoms with Crippen LogP contribution < -0.4 is 5.32 Å². The molecule has 1 saturated carbocycles. The van der Waals surface area contributed by atoms with E-state index in [1.54, 1.807) is 12.1 Å². The number of hydrogen-bond donors (Lipinski definition) is 1. The summed E-state index contributed by atoms with van der Waals surface area (Å²) in [5.41, 5.74) is 2.38. The van der Waals surface area contributed by atoms with Crippen molar-refractivity contribution in [3.63, 3.8) is 0 Å². The maximum absolute atomic E-state index is 13.2. The molecule has 1 heterocycles. The summed E-state index contributed by atoms with van der Waals surface area (Å²) in [4.78, 5) is 0. The third kappa shape index (κ3) is 1.70. The molecule has 1 N–H and O–H groups in total. The van der Waals surface area contributed by atoms with Gasteiger partial charge in [-0.15, -0.1) is 0 Å². The molecule has 1 aliphatic heterocycles. The topological polar surface area (TPSA) is 12.0 Å². The first kappa shape index (κ1) is 10.1. The summed E-state index contributed by atoms with van der Waals surface area (Å²) in [5, 5.41) is 3.32. The summed E-state index contributed by atoms with van der Waals surface area (Å²) in [6.07, 6.45) is 6.70. The Labute approximate surface area is 96.1 Å². The molecule has 0 aromatic heterocycles. The molecule has 3 rings (SSSR count). The van der Waals surface area contributed by atoms with Crippen LogP contribution >= 0.6 is 0 Å². The fourth-order valence-corrected chi connectivity index (χ4v) is 3.37. The number of hydrogen-bond acceptors (Lipinski definition) is 1. The van der Waals surface area contributed by atoms with Crippen LogP contribution in [0.3, 0.4) is 0 Å². The van der Waals surface area contributed by atoms with Crippen molar-refractivity contribution < 1.29 is 4.39 Å². The minimum Gasteiger partial charge on any atom is -0.385 e. The normalized spacial score (nSPS) is 25.2. The third-order valence-electron chi connectivity index (χ3n) is 4.15. The third-order valence-corrected chi connectivity index (χ3v) is 4.15. The van der Waals surface area contributed by atoms with E-state index >= 15 is 0 Å². The van der Waals surface area contributed by atoms with Crippen molar-refractivity contribution in [3.05, 3.63) is 29.6 Å². The zero-order valence-corrected chi connectivity index (χ0v) is 9.51. The van der Waals surface area contributed by atoms with Gasteiger partial charge in [-0.25, -0.2) is 4.39 Å². The van der Waals surface area contributed by atoms with Crippen LogP contribution in [-0.4, -0.2) is 6.54 Å². The lowest BCUT2D eigenvalue weighted by Gasteiger charge is -2.31. The van der Waals surface area contributed by atoms with Crippen molar-refractivity contribution in [2.24, 2.45) is 5.92 Å². The molecule has 1 fully saturated rings. The average Bonchev–Trinajstić information content (AvgIpc) is 2.81. The molecule has 0 spiro atoms. The minimum atomic E-state index is -0.127. The molecular weight excluding hydrogens is 201 g/mol. The lowest BCUT2D eigenvalue weighted by Crippen LogP contribution is -2.21. The van der Waals surface area contributed by atoms with Gasteiger partial charge in [0.15, 0.2) is 0 Å². The summed E-state index contributed by atoms with van der Waals surface area (Å²) >= 11 is 0. The molecule has 2 aliphatic rings. The van der Waals surface area contributed by atoms with Gasteiger partial charge >= 0.3 is 0 Å². The molecule has 1 aromatic rings. The van der Waals surface area contributed by atoms with Crippen molar-refractivity contribution in [1.29, 1.82) is 0 Å². The number of nitrogens with one attached hydrogen (secondary N) is 1. The average molecular weight is 219 g/mol. The summed E-state index contributed by atoms with van der Waals surface area (Å²) in [6.45, 7) is 0.998. The van der Waals surface area contributed by atoms with E-state index in [2.05, 4.69) is 5.32 Å². The van der Waals surface area contributed by atoms with Crippen molar-refractivity contribution >= 4 is 5.69 Å². The highest BCUT2D eigenvalue weighted by Crippen LogP contribution is 2.43. The zero-order valence-electron chi connectivity index (χ0n) is 9.51. The summed E-state index contributed by atoms with van der Waals surface area (Å²) in [6, 6.07) is 5.24. The van der Waals surface area contributed by atoms with Crippen molar-refractivity contribution in [3.8, 4) is 0 Å². The van der Waals surface area contributed by atoms with Crippen LogP contribution in [-0.2, 0) is 0 Å². The molecule has 1 unspecified atom stereocenters.